The van der Waals surface area contributed by atoms with Crippen LogP contribution in [-0.4, -0.2) is 26.6 Å². The van der Waals surface area contributed by atoms with Gasteiger partial charge in [-0.15, -0.1) is 0 Å². The summed E-state index contributed by atoms with van der Waals surface area (Å²) in [7, 11) is 0. The molecule has 7 heteroatoms. The minimum absolute atomic E-state index is 0.126. The Morgan fingerprint density at radius 3 is 2.71 bits per heavy atom. The van der Waals surface area contributed by atoms with Crippen molar-refractivity contribution in [2.45, 2.75) is 20.0 Å². The van der Waals surface area contributed by atoms with E-state index in [1.807, 2.05) is 48.7 Å². The molecule has 0 aliphatic carbocycles. The average molecular weight is 392 g/mol. The van der Waals surface area contributed by atoms with Gasteiger partial charge in [0.05, 0.1) is 12.1 Å². The Kier molecular flexibility index (Phi) is 5.08. The third-order valence-electron chi connectivity index (χ3n) is 4.64. The lowest BCUT2D eigenvalue weighted by molar-refractivity contribution is 0.0952. The highest BCUT2D eigenvalue weighted by molar-refractivity contribution is 7.08. The fourth-order valence-corrected chi connectivity index (χ4v) is 3.79. The van der Waals surface area contributed by atoms with Crippen LogP contribution < -0.4 is 11.0 Å². The molecular weight excluding hydrogens is 372 g/mol. The molecule has 1 aromatic carbocycles. The Hall–Kier alpha value is -3.19. The number of rotatable bonds is 6. The summed E-state index contributed by atoms with van der Waals surface area (Å²) in [4.78, 5) is 29.5. The second-order valence-corrected chi connectivity index (χ2v) is 7.40. The zero-order valence-corrected chi connectivity index (χ0v) is 16.3. The van der Waals surface area contributed by atoms with Gasteiger partial charge >= 0.3 is 5.69 Å². The number of carbonyl (C=O) groups is 1. The van der Waals surface area contributed by atoms with Crippen molar-refractivity contribution in [3.8, 4) is 0 Å². The summed E-state index contributed by atoms with van der Waals surface area (Å²) in [6, 6.07) is 13.6. The summed E-state index contributed by atoms with van der Waals surface area (Å²) in [5.74, 6) is -0.134. The SMILES string of the molecule is Cc1ccc(Cn2c(=O)n(CCNC(=O)c3ccsc3)c3ncccc32)cc1. The predicted octanol–water partition coefficient (Wildman–Crippen LogP) is 3.05. The standard InChI is InChI=1S/C21H20N4O2S/c1-15-4-6-16(7-5-15)13-25-18-3-2-9-22-19(18)24(21(25)27)11-10-23-20(26)17-8-12-28-14-17/h2-9,12,14H,10-11,13H2,1H3,(H,23,26). The van der Waals surface area contributed by atoms with Gasteiger partial charge < -0.3 is 5.32 Å². The van der Waals surface area contributed by atoms with Gasteiger partial charge in [0, 0.05) is 30.2 Å². The topological polar surface area (TPSA) is 68.9 Å². The van der Waals surface area contributed by atoms with Crippen molar-refractivity contribution >= 4 is 28.4 Å². The largest absolute Gasteiger partial charge is 0.350 e. The van der Waals surface area contributed by atoms with Gasteiger partial charge in [-0.2, -0.15) is 11.3 Å². The van der Waals surface area contributed by atoms with E-state index in [4.69, 9.17) is 0 Å². The van der Waals surface area contributed by atoms with E-state index in [-0.39, 0.29) is 11.6 Å². The van der Waals surface area contributed by atoms with Crippen LogP contribution in [0.4, 0.5) is 0 Å². The lowest BCUT2D eigenvalue weighted by Crippen LogP contribution is -2.31. The minimum atomic E-state index is -0.134. The monoisotopic (exact) mass is 392 g/mol. The molecule has 0 fully saturated rings. The van der Waals surface area contributed by atoms with Crippen LogP contribution in [0.5, 0.6) is 0 Å². The van der Waals surface area contributed by atoms with Crippen molar-refractivity contribution in [1.82, 2.24) is 19.4 Å². The van der Waals surface area contributed by atoms with Gasteiger partial charge in [0.1, 0.15) is 0 Å². The van der Waals surface area contributed by atoms with Crippen molar-refractivity contribution in [3.05, 3.63) is 86.6 Å². The Morgan fingerprint density at radius 1 is 1.14 bits per heavy atom. The summed E-state index contributed by atoms with van der Waals surface area (Å²) < 4.78 is 3.35. The maximum atomic E-state index is 13.0. The molecule has 28 heavy (non-hydrogen) atoms. The lowest BCUT2D eigenvalue weighted by Gasteiger charge is -2.05. The molecule has 4 aromatic rings. The number of hydrogen-bond donors (Lipinski definition) is 1. The molecule has 0 saturated carbocycles. The van der Waals surface area contributed by atoms with Gasteiger partial charge in [0.15, 0.2) is 5.65 Å². The van der Waals surface area contributed by atoms with Crippen LogP contribution in [0.25, 0.3) is 11.2 Å². The zero-order chi connectivity index (χ0) is 19.5. The van der Waals surface area contributed by atoms with E-state index in [2.05, 4.69) is 10.3 Å². The fourth-order valence-electron chi connectivity index (χ4n) is 3.15. The predicted molar refractivity (Wildman–Crippen MR) is 111 cm³/mol. The molecule has 0 spiro atoms. The molecule has 4 rings (SSSR count). The molecule has 0 aliphatic heterocycles. The summed E-state index contributed by atoms with van der Waals surface area (Å²) in [5, 5.41) is 6.53. The number of aryl methyl sites for hydroxylation is 1. The molecule has 0 unspecified atom stereocenters. The fraction of sp³-hybridized carbons (Fsp3) is 0.190. The third kappa shape index (κ3) is 3.61. The number of nitrogens with zero attached hydrogens (tertiary/aromatic N) is 3. The number of imidazole rings is 1. The van der Waals surface area contributed by atoms with E-state index in [0.717, 1.165) is 11.1 Å². The normalized spacial score (nSPS) is 11.0. The number of aromatic nitrogens is 3. The van der Waals surface area contributed by atoms with Crippen LogP contribution in [0.1, 0.15) is 21.5 Å². The lowest BCUT2D eigenvalue weighted by atomic mass is 10.1. The third-order valence-corrected chi connectivity index (χ3v) is 5.32. The van der Waals surface area contributed by atoms with Gasteiger partial charge in [0.2, 0.25) is 0 Å². The van der Waals surface area contributed by atoms with Crippen LogP contribution in [0.3, 0.4) is 0 Å². The summed E-state index contributed by atoms with van der Waals surface area (Å²) in [6.45, 7) is 3.24. The van der Waals surface area contributed by atoms with E-state index < -0.39 is 0 Å². The molecule has 0 aliphatic rings. The molecular formula is C21H20N4O2S. The molecule has 6 nitrogen and oxygen atoms in total. The van der Waals surface area contributed by atoms with E-state index >= 15 is 0 Å². The van der Waals surface area contributed by atoms with Gasteiger partial charge in [-0.3, -0.25) is 13.9 Å². The zero-order valence-electron chi connectivity index (χ0n) is 15.5. The van der Waals surface area contributed by atoms with Gasteiger partial charge in [0.25, 0.3) is 5.91 Å². The molecule has 0 saturated heterocycles. The van der Waals surface area contributed by atoms with Gasteiger partial charge in [-0.25, -0.2) is 9.78 Å². The first kappa shape index (κ1) is 18.2. The molecule has 0 bridgehead atoms. The highest BCUT2D eigenvalue weighted by Gasteiger charge is 2.14. The van der Waals surface area contributed by atoms with Crippen LogP contribution in [-0.2, 0) is 13.1 Å². The number of benzene rings is 1. The smallest absolute Gasteiger partial charge is 0.330 e. The first-order chi connectivity index (χ1) is 13.6. The Bertz CT molecular complexity index is 1160. The second kappa shape index (κ2) is 7.82. The number of hydrogen-bond acceptors (Lipinski definition) is 4. The summed E-state index contributed by atoms with van der Waals surface area (Å²) >= 11 is 1.48. The number of carbonyl (C=O) groups excluding carboxylic acids is 1. The van der Waals surface area contributed by atoms with Crippen molar-refractivity contribution < 1.29 is 4.79 Å². The van der Waals surface area contributed by atoms with Crippen LogP contribution in [0.2, 0.25) is 0 Å². The van der Waals surface area contributed by atoms with Crippen molar-refractivity contribution in [1.29, 1.82) is 0 Å². The quantitative estimate of drug-likeness (QED) is 0.548. The summed E-state index contributed by atoms with van der Waals surface area (Å²) in [6.07, 6.45) is 1.68. The van der Waals surface area contributed by atoms with Crippen molar-refractivity contribution in [2.24, 2.45) is 0 Å². The Balaban J connectivity index is 1.58. The minimum Gasteiger partial charge on any atom is -0.350 e. The molecule has 0 atom stereocenters. The van der Waals surface area contributed by atoms with E-state index in [0.29, 0.717) is 30.8 Å². The number of pyridine rings is 1. The first-order valence-electron chi connectivity index (χ1n) is 9.03. The highest BCUT2D eigenvalue weighted by Crippen LogP contribution is 2.13. The molecule has 1 amide bonds. The molecule has 1 N–H and O–H groups in total. The average Bonchev–Trinajstić information content (AvgIpc) is 3.33. The van der Waals surface area contributed by atoms with Crippen LogP contribution in [0, 0.1) is 6.92 Å². The maximum absolute atomic E-state index is 13.0. The Labute approximate surface area is 166 Å². The molecule has 3 heterocycles. The number of thiophene rings is 1. The van der Waals surface area contributed by atoms with Crippen LogP contribution >= 0.6 is 11.3 Å². The maximum Gasteiger partial charge on any atom is 0.330 e. The summed E-state index contributed by atoms with van der Waals surface area (Å²) in [5.41, 5.74) is 4.17. The highest BCUT2D eigenvalue weighted by atomic mass is 32.1. The molecule has 0 radical (unpaired) electrons. The van der Waals surface area contributed by atoms with Crippen molar-refractivity contribution in [3.63, 3.8) is 0 Å². The van der Waals surface area contributed by atoms with Crippen LogP contribution in [0.15, 0.2) is 64.2 Å². The first-order valence-corrected chi connectivity index (χ1v) is 9.98. The van der Waals surface area contributed by atoms with Gasteiger partial charge in [-0.1, -0.05) is 29.8 Å². The Morgan fingerprint density at radius 2 is 1.96 bits per heavy atom. The number of fused-ring (bicyclic) bond motifs is 1. The number of nitrogens with one attached hydrogen (secondary N) is 1. The van der Waals surface area contributed by atoms with E-state index in [1.54, 1.807) is 26.8 Å². The second-order valence-electron chi connectivity index (χ2n) is 6.62. The molecule has 142 valence electrons. The number of amides is 1. The molecule has 3 aromatic heterocycles. The van der Waals surface area contributed by atoms with E-state index in [9.17, 15) is 9.59 Å². The van der Waals surface area contributed by atoms with E-state index in [1.165, 1.54) is 16.9 Å². The van der Waals surface area contributed by atoms with Gasteiger partial charge in [-0.05, 0) is 36.1 Å². The van der Waals surface area contributed by atoms with Crippen molar-refractivity contribution in [2.75, 3.05) is 6.54 Å².